The minimum absolute atomic E-state index is 0.0357. The van der Waals surface area contributed by atoms with Crippen molar-refractivity contribution >= 4 is 23.1 Å². The molecule has 3 aromatic carbocycles. The molecule has 31 heavy (non-hydrogen) atoms. The second kappa shape index (κ2) is 8.07. The number of methoxy groups -OCH3 is 1. The van der Waals surface area contributed by atoms with Gasteiger partial charge in [-0.05, 0) is 48.9 Å². The summed E-state index contributed by atoms with van der Waals surface area (Å²) in [6.07, 6.45) is 0. The Morgan fingerprint density at radius 1 is 1.00 bits per heavy atom. The highest BCUT2D eigenvalue weighted by atomic mass is 19.1. The van der Waals surface area contributed by atoms with Crippen LogP contribution in [0.2, 0.25) is 0 Å². The quantitative estimate of drug-likeness (QED) is 0.377. The first kappa shape index (κ1) is 20.3. The SMILES string of the molecule is COc1cccc(C2/C(=C(/O)c3ccc(C)cc3)C(=O)C(=O)N2c2ccc(F)cc2)c1. The summed E-state index contributed by atoms with van der Waals surface area (Å²) in [6, 6.07) is 18.3. The van der Waals surface area contributed by atoms with Gasteiger partial charge in [-0.1, -0.05) is 42.0 Å². The van der Waals surface area contributed by atoms with Crippen molar-refractivity contribution in [3.05, 3.63) is 101 Å². The van der Waals surface area contributed by atoms with Crippen molar-refractivity contribution in [2.75, 3.05) is 12.0 Å². The molecule has 1 aliphatic heterocycles. The number of aryl methyl sites for hydroxylation is 1. The normalized spacial score (nSPS) is 17.8. The van der Waals surface area contributed by atoms with Crippen molar-refractivity contribution in [3.8, 4) is 5.75 Å². The van der Waals surface area contributed by atoms with E-state index in [2.05, 4.69) is 0 Å². The number of hydrogen-bond acceptors (Lipinski definition) is 4. The number of hydrogen-bond donors (Lipinski definition) is 1. The van der Waals surface area contributed by atoms with E-state index in [1.807, 2.05) is 19.1 Å². The lowest BCUT2D eigenvalue weighted by molar-refractivity contribution is -0.132. The summed E-state index contributed by atoms with van der Waals surface area (Å²) in [7, 11) is 1.52. The average Bonchev–Trinajstić information content (AvgIpc) is 3.05. The van der Waals surface area contributed by atoms with Crippen molar-refractivity contribution in [1.29, 1.82) is 0 Å². The summed E-state index contributed by atoms with van der Waals surface area (Å²) >= 11 is 0. The lowest BCUT2D eigenvalue weighted by Crippen LogP contribution is -2.29. The summed E-state index contributed by atoms with van der Waals surface area (Å²) in [4.78, 5) is 27.4. The van der Waals surface area contributed by atoms with Crippen LogP contribution >= 0.6 is 0 Å². The third kappa shape index (κ3) is 3.68. The van der Waals surface area contributed by atoms with Gasteiger partial charge >= 0.3 is 0 Å². The van der Waals surface area contributed by atoms with E-state index < -0.39 is 23.5 Å². The Kier molecular flexibility index (Phi) is 5.29. The summed E-state index contributed by atoms with van der Waals surface area (Å²) in [6.45, 7) is 1.91. The number of aliphatic hydroxyl groups excluding tert-OH is 1. The number of ketones is 1. The molecule has 6 heteroatoms. The number of benzene rings is 3. The monoisotopic (exact) mass is 417 g/mol. The first-order valence-corrected chi connectivity index (χ1v) is 9.68. The van der Waals surface area contributed by atoms with Crippen LogP contribution in [0.15, 0.2) is 78.4 Å². The van der Waals surface area contributed by atoms with Gasteiger partial charge in [0.05, 0.1) is 18.7 Å². The fourth-order valence-electron chi connectivity index (χ4n) is 3.69. The number of amides is 1. The highest BCUT2D eigenvalue weighted by Crippen LogP contribution is 2.42. The Bertz CT molecular complexity index is 1180. The van der Waals surface area contributed by atoms with E-state index >= 15 is 0 Å². The Labute approximate surface area is 179 Å². The second-order valence-electron chi connectivity index (χ2n) is 7.29. The molecule has 1 amide bonds. The molecule has 156 valence electrons. The van der Waals surface area contributed by atoms with Gasteiger partial charge in [0.1, 0.15) is 17.3 Å². The number of nitrogens with zero attached hydrogens (tertiary/aromatic N) is 1. The minimum atomic E-state index is -0.901. The molecule has 3 aromatic rings. The molecule has 1 fully saturated rings. The number of halogens is 1. The Morgan fingerprint density at radius 3 is 2.32 bits per heavy atom. The van der Waals surface area contributed by atoms with E-state index in [1.165, 1.54) is 36.3 Å². The molecular formula is C25H20FNO4. The van der Waals surface area contributed by atoms with Crippen molar-refractivity contribution in [3.63, 3.8) is 0 Å². The highest BCUT2D eigenvalue weighted by molar-refractivity contribution is 6.51. The molecule has 0 aliphatic carbocycles. The molecule has 1 aliphatic rings. The zero-order chi connectivity index (χ0) is 22.1. The molecule has 5 nitrogen and oxygen atoms in total. The Balaban J connectivity index is 1.94. The van der Waals surface area contributed by atoms with Gasteiger partial charge in [-0.25, -0.2) is 4.39 Å². The van der Waals surface area contributed by atoms with Crippen LogP contribution < -0.4 is 9.64 Å². The zero-order valence-corrected chi connectivity index (χ0v) is 17.0. The summed E-state index contributed by atoms with van der Waals surface area (Å²) in [5, 5.41) is 11.1. The molecule has 1 saturated heterocycles. The number of ether oxygens (including phenoxy) is 1. The highest BCUT2D eigenvalue weighted by Gasteiger charge is 2.47. The van der Waals surface area contributed by atoms with Crippen LogP contribution in [0, 0.1) is 12.7 Å². The van der Waals surface area contributed by atoms with Crippen LogP contribution in [-0.2, 0) is 9.59 Å². The van der Waals surface area contributed by atoms with Gasteiger partial charge in [-0.15, -0.1) is 0 Å². The number of aliphatic hydroxyl groups is 1. The minimum Gasteiger partial charge on any atom is -0.507 e. The molecule has 1 atom stereocenters. The largest absolute Gasteiger partial charge is 0.507 e. The fourth-order valence-corrected chi connectivity index (χ4v) is 3.69. The molecule has 0 radical (unpaired) electrons. The van der Waals surface area contributed by atoms with Crippen molar-refractivity contribution in [1.82, 2.24) is 0 Å². The zero-order valence-electron chi connectivity index (χ0n) is 17.0. The number of Topliss-reactive ketones (excluding diaryl/α,β-unsaturated/α-hetero) is 1. The Morgan fingerprint density at radius 2 is 1.68 bits per heavy atom. The van der Waals surface area contributed by atoms with Crippen LogP contribution in [-0.4, -0.2) is 23.9 Å². The summed E-state index contributed by atoms with van der Waals surface area (Å²) in [5.74, 6) is -1.80. The second-order valence-corrected chi connectivity index (χ2v) is 7.29. The Hall–Kier alpha value is -3.93. The predicted molar refractivity (Wildman–Crippen MR) is 115 cm³/mol. The number of anilines is 1. The van der Waals surface area contributed by atoms with Crippen LogP contribution in [0.5, 0.6) is 5.75 Å². The number of carbonyl (C=O) groups is 2. The molecule has 1 heterocycles. The maximum absolute atomic E-state index is 13.5. The van der Waals surface area contributed by atoms with E-state index in [4.69, 9.17) is 4.74 Å². The van der Waals surface area contributed by atoms with E-state index in [0.717, 1.165) is 5.56 Å². The van der Waals surface area contributed by atoms with E-state index in [9.17, 15) is 19.1 Å². The molecule has 1 N–H and O–H groups in total. The first-order valence-electron chi connectivity index (χ1n) is 9.68. The maximum Gasteiger partial charge on any atom is 0.300 e. The van der Waals surface area contributed by atoms with Gasteiger partial charge in [0.25, 0.3) is 11.7 Å². The van der Waals surface area contributed by atoms with Gasteiger partial charge in [-0.3, -0.25) is 14.5 Å². The van der Waals surface area contributed by atoms with E-state index in [-0.39, 0.29) is 11.3 Å². The molecule has 1 unspecified atom stereocenters. The van der Waals surface area contributed by atoms with Gasteiger partial charge in [0.2, 0.25) is 0 Å². The van der Waals surface area contributed by atoms with Crippen LogP contribution in [0.4, 0.5) is 10.1 Å². The van der Waals surface area contributed by atoms with E-state index in [0.29, 0.717) is 22.6 Å². The molecule has 0 aromatic heterocycles. The maximum atomic E-state index is 13.5. The van der Waals surface area contributed by atoms with E-state index in [1.54, 1.807) is 36.4 Å². The molecule has 4 rings (SSSR count). The van der Waals surface area contributed by atoms with Gasteiger partial charge in [0.15, 0.2) is 0 Å². The lowest BCUT2D eigenvalue weighted by atomic mass is 9.94. The molecule has 0 bridgehead atoms. The van der Waals surface area contributed by atoms with Gasteiger partial charge < -0.3 is 9.84 Å². The van der Waals surface area contributed by atoms with Crippen LogP contribution in [0.25, 0.3) is 5.76 Å². The number of rotatable bonds is 4. The predicted octanol–water partition coefficient (Wildman–Crippen LogP) is 4.77. The summed E-state index contributed by atoms with van der Waals surface area (Å²) < 4.78 is 18.8. The molecular weight excluding hydrogens is 397 g/mol. The van der Waals surface area contributed by atoms with Crippen molar-refractivity contribution < 1.29 is 23.8 Å². The van der Waals surface area contributed by atoms with Crippen LogP contribution in [0.3, 0.4) is 0 Å². The van der Waals surface area contributed by atoms with Gasteiger partial charge in [0, 0.05) is 11.3 Å². The fraction of sp³-hybridized carbons (Fsp3) is 0.120. The van der Waals surface area contributed by atoms with Gasteiger partial charge in [-0.2, -0.15) is 0 Å². The smallest absolute Gasteiger partial charge is 0.300 e. The summed E-state index contributed by atoms with van der Waals surface area (Å²) in [5.41, 5.74) is 2.31. The first-order chi connectivity index (χ1) is 14.9. The average molecular weight is 417 g/mol. The standard InChI is InChI=1S/C25H20FNO4/c1-15-6-8-16(9-7-15)23(28)21-22(17-4-3-5-20(14-17)31-2)27(25(30)24(21)29)19-12-10-18(26)11-13-19/h3-14,22,28H,1-2H3/b23-21-. The van der Waals surface area contributed by atoms with Crippen molar-refractivity contribution in [2.45, 2.75) is 13.0 Å². The van der Waals surface area contributed by atoms with Crippen LogP contribution in [0.1, 0.15) is 22.7 Å². The number of carbonyl (C=O) groups excluding carboxylic acids is 2. The third-order valence-corrected chi connectivity index (χ3v) is 5.28. The third-order valence-electron chi connectivity index (χ3n) is 5.28. The lowest BCUT2D eigenvalue weighted by Gasteiger charge is -2.25. The van der Waals surface area contributed by atoms with Crippen molar-refractivity contribution in [2.24, 2.45) is 0 Å². The molecule has 0 spiro atoms. The topological polar surface area (TPSA) is 66.8 Å². The molecule has 0 saturated carbocycles.